The van der Waals surface area contributed by atoms with Crippen molar-refractivity contribution in [2.75, 3.05) is 47.9 Å². The Morgan fingerprint density at radius 3 is 1.00 bits per heavy atom. The van der Waals surface area contributed by atoms with Gasteiger partial charge in [0.05, 0.1) is 49.4 Å². The van der Waals surface area contributed by atoms with E-state index in [-0.39, 0.29) is 0 Å². The van der Waals surface area contributed by atoms with Crippen LogP contribution in [0.4, 0.5) is 22.7 Å². The van der Waals surface area contributed by atoms with Crippen LogP contribution in [0, 0.1) is 0 Å². The summed E-state index contributed by atoms with van der Waals surface area (Å²) in [5.74, 6) is 0. The van der Waals surface area contributed by atoms with Gasteiger partial charge in [0.2, 0.25) is 0 Å². The molecular formula is C16H22N6. The second kappa shape index (κ2) is 7.53. The fourth-order valence-corrected chi connectivity index (χ4v) is 2.34. The van der Waals surface area contributed by atoms with Crippen LogP contribution >= 0.6 is 0 Å². The quantitative estimate of drug-likeness (QED) is 0.447. The summed E-state index contributed by atoms with van der Waals surface area (Å²) in [4.78, 5) is 0. The molecule has 116 valence electrons. The summed E-state index contributed by atoms with van der Waals surface area (Å²) in [6.45, 7) is 2.76. The van der Waals surface area contributed by atoms with Gasteiger partial charge in [-0.1, -0.05) is 24.3 Å². The van der Waals surface area contributed by atoms with Crippen molar-refractivity contribution < 1.29 is 0 Å². The topological polar surface area (TPSA) is 72.2 Å². The van der Waals surface area contributed by atoms with Crippen LogP contribution < -0.4 is 31.9 Å². The summed E-state index contributed by atoms with van der Waals surface area (Å²) in [5.41, 5.74) is 4.34. The third-order valence-corrected chi connectivity index (χ3v) is 3.47. The summed E-state index contributed by atoms with van der Waals surface area (Å²) in [7, 11) is 0. The van der Waals surface area contributed by atoms with Crippen molar-refractivity contribution in [1.29, 1.82) is 0 Å². The summed E-state index contributed by atoms with van der Waals surface area (Å²) < 4.78 is 0. The normalized spacial score (nSPS) is 15.6. The maximum Gasteiger partial charge on any atom is 0.0667 e. The fraction of sp³-hybridized carbons (Fsp3) is 0.250. The molecule has 0 atom stereocenters. The van der Waals surface area contributed by atoms with Gasteiger partial charge in [-0.3, -0.25) is 10.6 Å². The van der Waals surface area contributed by atoms with Crippen molar-refractivity contribution in [1.82, 2.24) is 10.6 Å². The zero-order valence-electron chi connectivity index (χ0n) is 12.4. The van der Waals surface area contributed by atoms with Gasteiger partial charge in [0.1, 0.15) is 0 Å². The Bertz CT molecular complexity index is 497. The minimum absolute atomic E-state index is 0.689. The zero-order valence-corrected chi connectivity index (χ0v) is 12.4. The smallest absolute Gasteiger partial charge is 0.0667 e. The first-order valence-corrected chi connectivity index (χ1v) is 7.48. The van der Waals surface area contributed by atoms with E-state index < -0.39 is 0 Å². The van der Waals surface area contributed by atoms with E-state index in [0.717, 1.165) is 22.7 Å². The maximum atomic E-state index is 3.38. The van der Waals surface area contributed by atoms with Gasteiger partial charge in [0.15, 0.2) is 0 Å². The molecule has 0 amide bonds. The molecule has 1 aliphatic rings. The highest BCUT2D eigenvalue weighted by Gasteiger charge is 2.03. The van der Waals surface area contributed by atoms with Crippen molar-refractivity contribution >= 4 is 22.7 Å². The monoisotopic (exact) mass is 298 g/mol. The van der Waals surface area contributed by atoms with Gasteiger partial charge in [-0.2, -0.15) is 0 Å². The van der Waals surface area contributed by atoms with Gasteiger partial charge in [-0.15, -0.1) is 0 Å². The lowest BCUT2D eigenvalue weighted by atomic mass is 10.2. The zero-order chi connectivity index (χ0) is 15.0. The lowest BCUT2D eigenvalue weighted by Gasteiger charge is -2.18. The third-order valence-electron chi connectivity index (χ3n) is 3.47. The predicted molar refractivity (Wildman–Crippen MR) is 93.1 cm³/mol. The molecule has 0 aliphatic carbocycles. The Hall–Kier alpha value is -2.44. The van der Waals surface area contributed by atoms with Crippen molar-refractivity contribution in [3.05, 3.63) is 48.5 Å². The van der Waals surface area contributed by atoms with Crippen LogP contribution in [-0.2, 0) is 0 Å². The lowest BCUT2D eigenvalue weighted by molar-refractivity contribution is 0.768. The molecule has 0 saturated carbocycles. The van der Waals surface area contributed by atoms with E-state index in [0.29, 0.717) is 26.7 Å². The molecule has 6 heteroatoms. The van der Waals surface area contributed by atoms with Crippen molar-refractivity contribution in [3.63, 3.8) is 0 Å². The van der Waals surface area contributed by atoms with Gasteiger partial charge >= 0.3 is 0 Å². The van der Waals surface area contributed by atoms with Gasteiger partial charge in [-0.25, -0.2) is 0 Å². The molecule has 6 nitrogen and oxygen atoms in total. The molecule has 22 heavy (non-hydrogen) atoms. The van der Waals surface area contributed by atoms with Crippen LogP contribution in [-0.4, -0.2) is 26.7 Å². The molecule has 0 radical (unpaired) electrons. The van der Waals surface area contributed by atoms with E-state index in [1.165, 1.54) is 0 Å². The first-order chi connectivity index (χ1) is 10.9. The Labute approximate surface area is 130 Å². The molecule has 3 rings (SSSR count). The Morgan fingerprint density at radius 2 is 0.727 bits per heavy atom. The van der Waals surface area contributed by atoms with Crippen LogP contribution in [0.15, 0.2) is 48.5 Å². The number of anilines is 4. The number of benzene rings is 2. The minimum Gasteiger partial charge on any atom is -0.371 e. The van der Waals surface area contributed by atoms with Gasteiger partial charge in [-0.05, 0) is 24.3 Å². The summed E-state index contributed by atoms with van der Waals surface area (Å²) in [5, 5.41) is 20.2. The average molecular weight is 298 g/mol. The van der Waals surface area contributed by atoms with Gasteiger partial charge in [0.25, 0.3) is 0 Å². The number of rotatable bonds is 0. The molecule has 0 saturated heterocycles. The Kier molecular flexibility index (Phi) is 4.96. The summed E-state index contributed by atoms with van der Waals surface area (Å²) in [6, 6.07) is 16.4. The van der Waals surface area contributed by atoms with Gasteiger partial charge < -0.3 is 21.3 Å². The second-order valence-electron chi connectivity index (χ2n) is 5.01. The third kappa shape index (κ3) is 3.81. The molecule has 2 aromatic carbocycles. The molecule has 1 heterocycles. The highest BCUT2D eigenvalue weighted by Crippen LogP contribution is 2.21. The van der Waals surface area contributed by atoms with Crippen molar-refractivity contribution in [2.45, 2.75) is 0 Å². The first kappa shape index (κ1) is 14.5. The molecule has 0 aromatic heterocycles. The highest BCUT2D eigenvalue weighted by atomic mass is 15.2. The molecule has 1 aliphatic heterocycles. The van der Waals surface area contributed by atoms with Crippen LogP contribution in [0.1, 0.15) is 0 Å². The Morgan fingerprint density at radius 1 is 0.455 bits per heavy atom. The summed E-state index contributed by atoms with van der Waals surface area (Å²) >= 11 is 0. The number of para-hydroxylation sites is 4. The number of hydrogen-bond acceptors (Lipinski definition) is 6. The molecule has 0 bridgehead atoms. The van der Waals surface area contributed by atoms with E-state index in [2.05, 4.69) is 56.2 Å². The van der Waals surface area contributed by atoms with E-state index >= 15 is 0 Å². The van der Waals surface area contributed by atoms with E-state index in [9.17, 15) is 0 Å². The van der Waals surface area contributed by atoms with Gasteiger partial charge in [0, 0.05) is 0 Å². The maximum absolute atomic E-state index is 3.38. The Balaban J connectivity index is 1.67. The molecule has 0 unspecified atom stereocenters. The minimum atomic E-state index is 0.689. The highest BCUT2D eigenvalue weighted by molar-refractivity contribution is 5.69. The van der Waals surface area contributed by atoms with E-state index in [1.54, 1.807) is 0 Å². The van der Waals surface area contributed by atoms with Crippen molar-refractivity contribution in [2.24, 2.45) is 0 Å². The standard InChI is InChI=1S/C16H22N6/c1-2-6-14-13(5-1)19-9-17-11-21-15-7-3-4-8-16(15)22-12-18-10-20-14/h1-8,17-22H,9-12H2. The predicted octanol–water partition coefficient (Wildman–Crippen LogP) is 2.06. The number of nitrogens with one attached hydrogen (secondary N) is 6. The molecule has 6 N–H and O–H groups in total. The molecular weight excluding hydrogens is 276 g/mol. The number of fused-ring (bicyclic) bond motifs is 2. The average Bonchev–Trinajstić information content (AvgIpc) is 2.56. The second-order valence-corrected chi connectivity index (χ2v) is 5.01. The molecule has 2 aromatic rings. The van der Waals surface area contributed by atoms with Crippen LogP contribution in [0.25, 0.3) is 0 Å². The SMILES string of the molecule is c1ccc2c(c1)NCNCNc1ccccc1NCNCN2. The molecule has 0 fully saturated rings. The van der Waals surface area contributed by atoms with Crippen LogP contribution in [0.3, 0.4) is 0 Å². The van der Waals surface area contributed by atoms with Crippen LogP contribution in [0.2, 0.25) is 0 Å². The largest absolute Gasteiger partial charge is 0.371 e. The van der Waals surface area contributed by atoms with E-state index in [1.807, 2.05) is 24.3 Å². The van der Waals surface area contributed by atoms with Crippen LogP contribution in [0.5, 0.6) is 0 Å². The molecule has 0 spiro atoms. The fourth-order valence-electron chi connectivity index (χ4n) is 2.34. The van der Waals surface area contributed by atoms with E-state index in [4.69, 9.17) is 0 Å². The first-order valence-electron chi connectivity index (χ1n) is 7.48. The number of hydrogen-bond donors (Lipinski definition) is 6. The lowest BCUT2D eigenvalue weighted by Crippen LogP contribution is -2.31. The van der Waals surface area contributed by atoms with Crippen molar-refractivity contribution in [3.8, 4) is 0 Å². The summed E-state index contributed by atoms with van der Waals surface area (Å²) in [6.07, 6.45) is 0.